The van der Waals surface area contributed by atoms with Crippen molar-refractivity contribution < 1.29 is 9.53 Å². The van der Waals surface area contributed by atoms with E-state index >= 15 is 0 Å². The number of carbonyl (C=O) groups is 1. The van der Waals surface area contributed by atoms with Crippen LogP contribution in [0.3, 0.4) is 0 Å². The predicted molar refractivity (Wildman–Crippen MR) is 98.5 cm³/mol. The Morgan fingerprint density at radius 1 is 1.11 bits per heavy atom. The molecule has 1 aliphatic heterocycles. The number of rotatable bonds is 4. The van der Waals surface area contributed by atoms with Crippen molar-refractivity contribution in [2.24, 2.45) is 0 Å². The molecule has 3 heterocycles. The summed E-state index contributed by atoms with van der Waals surface area (Å²) < 4.78 is 5.78. The molecule has 27 heavy (non-hydrogen) atoms. The highest BCUT2D eigenvalue weighted by Crippen LogP contribution is 2.28. The van der Waals surface area contributed by atoms with Gasteiger partial charge in [0.25, 0.3) is 5.91 Å². The maximum absolute atomic E-state index is 12.6. The molecule has 2 aromatic heterocycles. The average molecular weight is 361 g/mol. The first-order chi connectivity index (χ1) is 13.3. The number of hydrogen-bond acceptors (Lipinski definition) is 6. The summed E-state index contributed by atoms with van der Waals surface area (Å²) in [7, 11) is 0. The molecule has 0 bridgehead atoms. The van der Waals surface area contributed by atoms with Gasteiger partial charge in [0.1, 0.15) is 5.75 Å². The number of amides is 1. The van der Waals surface area contributed by atoms with Crippen LogP contribution in [0, 0.1) is 0 Å². The molecule has 1 fully saturated rings. The summed E-state index contributed by atoms with van der Waals surface area (Å²) in [5, 5.41) is 7.72. The lowest BCUT2D eigenvalue weighted by Crippen LogP contribution is -2.39. The van der Waals surface area contributed by atoms with Gasteiger partial charge in [-0.05, 0) is 37.1 Å². The first-order valence-corrected chi connectivity index (χ1v) is 8.91. The highest BCUT2D eigenvalue weighted by atomic mass is 16.5. The Hall–Kier alpha value is -3.35. The summed E-state index contributed by atoms with van der Waals surface area (Å²) in [6, 6.07) is 12.9. The molecule has 1 aromatic carbocycles. The van der Waals surface area contributed by atoms with Crippen LogP contribution < -0.4 is 4.74 Å². The van der Waals surface area contributed by atoms with Crippen LogP contribution in [0.5, 0.6) is 11.6 Å². The van der Waals surface area contributed by atoms with Crippen LogP contribution in [0.2, 0.25) is 0 Å². The number of carbonyl (C=O) groups excluding carboxylic acids is 1. The summed E-state index contributed by atoms with van der Waals surface area (Å²) >= 11 is 0. The van der Waals surface area contributed by atoms with Gasteiger partial charge in [-0.2, -0.15) is 5.10 Å². The lowest BCUT2D eigenvalue weighted by Gasteiger charge is -2.32. The quantitative estimate of drug-likeness (QED) is 0.710. The summed E-state index contributed by atoms with van der Waals surface area (Å²) in [6.45, 7) is 1.29. The minimum absolute atomic E-state index is 0.0996. The lowest BCUT2D eigenvalue weighted by molar-refractivity contribution is 0.0698. The molecule has 1 amide bonds. The van der Waals surface area contributed by atoms with Crippen LogP contribution in [-0.2, 0) is 0 Å². The second kappa shape index (κ2) is 7.90. The predicted octanol–water partition coefficient (Wildman–Crippen LogP) is 3.08. The number of aromatic nitrogens is 4. The monoisotopic (exact) mass is 361 g/mol. The molecule has 3 aromatic rings. The molecular formula is C20H19N5O2. The summed E-state index contributed by atoms with van der Waals surface area (Å²) in [6.07, 6.45) is 6.76. The number of hydrogen-bond donors (Lipinski definition) is 0. The third-order valence-electron chi connectivity index (χ3n) is 4.51. The van der Waals surface area contributed by atoms with E-state index in [-0.39, 0.29) is 11.8 Å². The van der Waals surface area contributed by atoms with Gasteiger partial charge < -0.3 is 9.64 Å². The van der Waals surface area contributed by atoms with Crippen LogP contribution >= 0.6 is 0 Å². The van der Waals surface area contributed by atoms with Crippen molar-refractivity contribution in [2.45, 2.75) is 18.8 Å². The van der Waals surface area contributed by atoms with Gasteiger partial charge in [-0.3, -0.25) is 9.78 Å². The zero-order valence-electron chi connectivity index (χ0n) is 14.7. The van der Waals surface area contributed by atoms with Crippen molar-refractivity contribution in [3.8, 4) is 11.6 Å². The van der Waals surface area contributed by atoms with E-state index in [4.69, 9.17) is 4.74 Å². The molecule has 1 atom stereocenters. The number of benzene rings is 1. The van der Waals surface area contributed by atoms with Gasteiger partial charge in [-0.1, -0.05) is 18.2 Å². The number of likely N-dealkylation sites (tertiary alicyclic amines) is 1. The van der Waals surface area contributed by atoms with E-state index in [1.165, 1.54) is 0 Å². The first-order valence-electron chi connectivity index (χ1n) is 8.91. The molecule has 0 N–H and O–H groups in total. The SMILES string of the molecule is O=C(c1cccnn1)N1CCC[C@@H](c2cncc(Oc3ccccc3)n2)C1. The van der Waals surface area contributed by atoms with Crippen molar-refractivity contribution in [3.05, 3.63) is 72.4 Å². The number of nitrogens with zero attached hydrogens (tertiary/aromatic N) is 5. The van der Waals surface area contributed by atoms with E-state index < -0.39 is 0 Å². The third kappa shape index (κ3) is 4.08. The Bertz CT molecular complexity index is 905. The molecular weight excluding hydrogens is 342 g/mol. The second-order valence-corrected chi connectivity index (χ2v) is 6.40. The standard InChI is InChI=1S/C20H19N5O2/c26-20(17-9-4-10-22-24-17)25-11-5-6-15(14-25)18-12-21-13-19(23-18)27-16-7-2-1-3-8-16/h1-4,7-10,12-13,15H,5-6,11,14H2/t15-/m1/s1. The summed E-state index contributed by atoms with van der Waals surface area (Å²) in [5.74, 6) is 1.19. The van der Waals surface area contributed by atoms with Crippen molar-refractivity contribution in [2.75, 3.05) is 13.1 Å². The summed E-state index contributed by atoms with van der Waals surface area (Å²) in [5.41, 5.74) is 1.20. The maximum atomic E-state index is 12.6. The lowest BCUT2D eigenvalue weighted by atomic mass is 9.95. The smallest absolute Gasteiger partial charge is 0.274 e. The topological polar surface area (TPSA) is 81.1 Å². The molecule has 136 valence electrons. The van der Waals surface area contributed by atoms with E-state index in [2.05, 4.69) is 20.2 Å². The highest BCUT2D eigenvalue weighted by Gasteiger charge is 2.27. The van der Waals surface area contributed by atoms with E-state index in [1.807, 2.05) is 35.2 Å². The Labute approximate surface area is 157 Å². The Kier molecular flexibility index (Phi) is 5.00. The van der Waals surface area contributed by atoms with Gasteiger partial charge in [0.2, 0.25) is 5.88 Å². The Morgan fingerprint density at radius 2 is 2.00 bits per heavy atom. The van der Waals surface area contributed by atoms with E-state index in [0.717, 1.165) is 18.5 Å². The number of para-hydroxylation sites is 1. The second-order valence-electron chi connectivity index (χ2n) is 6.40. The molecule has 0 unspecified atom stereocenters. The first kappa shape index (κ1) is 17.1. The van der Waals surface area contributed by atoms with E-state index in [1.54, 1.807) is 30.7 Å². The fraction of sp³-hybridized carbons (Fsp3) is 0.250. The van der Waals surface area contributed by atoms with Crippen molar-refractivity contribution in [1.29, 1.82) is 0 Å². The molecule has 7 heteroatoms. The molecule has 7 nitrogen and oxygen atoms in total. The minimum atomic E-state index is -0.0996. The fourth-order valence-corrected chi connectivity index (χ4v) is 3.20. The van der Waals surface area contributed by atoms with Gasteiger partial charge in [-0.15, -0.1) is 5.10 Å². The van der Waals surface area contributed by atoms with Crippen molar-refractivity contribution >= 4 is 5.91 Å². The molecule has 0 radical (unpaired) electrons. The van der Waals surface area contributed by atoms with E-state index in [9.17, 15) is 4.79 Å². The van der Waals surface area contributed by atoms with Crippen LogP contribution in [0.1, 0.15) is 34.9 Å². The van der Waals surface area contributed by atoms with Crippen molar-refractivity contribution in [1.82, 2.24) is 25.1 Å². The van der Waals surface area contributed by atoms with Crippen molar-refractivity contribution in [3.63, 3.8) is 0 Å². The number of piperidine rings is 1. The molecule has 1 aliphatic rings. The van der Waals surface area contributed by atoms with Gasteiger partial charge in [0, 0.05) is 31.4 Å². The largest absolute Gasteiger partial charge is 0.437 e. The van der Waals surface area contributed by atoms with Gasteiger partial charge in [-0.25, -0.2) is 4.98 Å². The Balaban J connectivity index is 1.48. The molecule has 1 saturated heterocycles. The van der Waals surface area contributed by atoms with E-state index in [0.29, 0.717) is 30.4 Å². The summed E-state index contributed by atoms with van der Waals surface area (Å²) in [4.78, 5) is 23.3. The van der Waals surface area contributed by atoms with Gasteiger partial charge in [0.05, 0.1) is 11.9 Å². The molecule has 4 rings (SSSR count). The zero-order valence-corrected chi connectivity index (χ0v) is 14.7. The average Bonchev–Trinajstić information content (AvgIpc) is 2.75. The Morgan fingerprint density at radius 3 is 2.81 bits per heavy atom. The fourth-order valence-electron chi connectivity index (χ4n) is 3.20. The van der Waals surface area contributed by atoms with Crippen LogP contribution in [0.15, 0.2) is 61.1 Å². The normalized spacial score (nSPS) is 16.7. The third-order valence-corrected chi connectivity index (χ3v) is 4.51. The van der Waals surface area contributed by atoms with Crippen LogP contribution in [-0.4, -0.2) is 44.1 Å². The molecule has 0 spiro atoms. The number of ether oxygens (including phenoxy) is 1. The molecule has 0 aliphatic carbocycles. The molecule has 0 saturated carbocycles. The zero-order chi connectivity index (χ0) is 18.5. The van der Waals surface area contributed by atoms with Gasteiger partial charge >= 0.3 is 0 Å². The van der Waals surface area contributed by atoms with Crippen LogP contribution in [0.4, 0.5) is 0 Å². The highest BCUT2D eigenvalue weighted by molar-refractivity contribution is 5.92. The minimum Gasteiger partial charge on any atom is -0.437 e. The van der Waals surface area contributed by atoms with Crippen LogP contribution in [0.25, 0.3) is 0 Å². The maximum Gasteiger partial charge on any atom is 0.274 e. The van der Waals surface area contributed by atoms with Gasteiger partial charge in [0.15, 0.2) is 5.69 Å².